The number of alkyl halides is 3. The van der Waals surface area contributed by atoms with Gasteiger partial charge in [0.1, 0.15) is 0 Å². The van der Waals surface area contributed by atoms with Crippen LogP contribution in [0.1, 0.15) is 11.9 Å². The van der Waals surface area contributed by atoms with Crippen LogP contribution in [0.4, 0.5) is 17.6 Å². The van der Waals surface area contributed by atoms with E-state index in [0.29, 0.717) is 24.3 Å². The second-order valence-electron chi connectivity index (χ2n) is 5.47. The second-order valence-corrected chi connectivity index (χ2v) is 6.20. The fourth-order valence-corrected chi connectivity index (χ4v) is 2.58. The Hall–Kier alpha value is -1.77. The Morgan fingerprint density at radius 3 is 2.12 bits per heavy atom. The minimum Gasteiger partial charge on any atom is -0.403 e. The average Bonchev–Trinajstić information content (AvgIpc) is 2.56. The average molecular weight is 374 g/mol. The molecule has 0 spiro atoms. The molecule has 0 radical (unpaired) electrons. The minimum absolute atomic E-state index is 0.0379. The number of halogens is 4. The van der Waals surface area contributed by atoms with Crippen molar-refractivity contribution in [3.8, 4) is 16.9 Å². The molecule has 1 heterocycles. The second kappa shape index (κ2) is 7.23. The number of hydrogen-bond donors (Lipinski definition) is 1. The van der Waals surface area contributed by atoms with E-state index in [2.05, 4.69) is 17.4 Å². The van der Waals surface area contributed by atoms with Gasteiger partial charge < -0.3 is 14.2 Å². The summed E-state index contributed by atoms with van der Waals surface area (Å²) in [5.41, 5.74) is 1.87. The van der Waals surface area contributed by atoms with Crippen LogP contribution >= 0.6 is 12.6 Å². The quantitative estimate of drug-likeness (QED) is 0.622. The van der Waals surface area contributed by atoms with E-state index in [1.165, 1.54) is 6.07 Å². The lowest BCUT2D eigenvalue weighted by molar-refractivity contribution is -0.275. The van der Waals surface area contributed by atoms with E-state index in [4.69, 9.17) is 9.47 Å². The summed E-state index contributed by atoms with van der Waals surface area (Å²) in [5.74, 6) is -1.95. The van der Waals surface area contributed by atoms with E-state index in [1.54, 1.807) is 24.3 Å². The van der Waals surface area contributed by atoms with Crippen molar-refractivity contribution in [3.05, 3.63) is 53.8 Å². The standard InChI is InChI=1S/C17H14F4O3S/c18-14-7-12(5-6-15(14)24-17(19,20)21)10-1-3-11(4-2-10)16-22-8-13(25)9-23-16/h1-7,13,16,25H,8-9H2. The molecule has 0 amide bonds. The van der Waals surface area contributed by atoms with Gasteiger partial charge in [-0.2, -0.15) is 12.6 Å². The van der Waals surface area contributed by atoms with Crippen molar-refractivity contribution in [2.75, 3.05) is 13.2 Å². The van der Waals surface area contributed by atoms with E-state index >= 15 is 0 Å². The van der Waals surface area contributed by atoms with Crippen LogP contribution in [0.5, 0.6) is 5.75 Å². The number of thiol groups is 1. The Morgan fingerprint density at radius 2 is 1.56 bits per heavy atom. The molecular weight excluding hydrogens is 360 g/mol. The fraction of sp³-hybridized carbons (Fsp3) is 0.294. The first kappa shape index (κ1) is 18.0. The molecule has 0 saturated carbocycles. The molecule has 1 aliphatic heterocycles. The maximum atomic E-state index is 13.8. The number of benzene rings is 2. The van der Waals surface area contributed by atoms with Gasteiger partial charge in [-0.15, -0.1) is 13.2 Å². The van der Waals surface area contributed by atoms with Crippen molar-refractivity contribution in [2.45, 2.75) is 17.9 Å². The first-order valence-electron chi connectivity index (χ1n) is 7.39. The van der Waals surface area contributed by atoms with Crippen LogP contribution in [-0.4, -0.2) is 24.8 Å². The van der Waals surface area contributed by atoms with Crippen LogP contribution in [-0.2, 0) is 9.47 Å². The van der Waals surface area contributed by atoms with E-state index in [-0.39, 0.29) is 5.25 Å². The minimum atomic E-state index is -4.93. The molecule has 0 bridgehead atoms. The zero-order chi connectivity index (χ0) is 18.0. The molecule has 0 atom stereocenters. The Labute approximate surface area is 146 Å². The van der Waals surface area contributed by atoms with Crippen molar-refractivity contribution in [3.63, 3.8) is 0 Å². The molecule has 0 aliphatic carbocycles. The molecule has 1 aliphatic rings. The summed E-state index contributed by atoms with van der Waals surface area (Å²) in [6.45, 7) is 0.947. The molecule has 2 aromatic rings. The van der Waals surface area contributed by atoms with Crippen molar-refractivity contribution < 1.29 is 31.8 Å². The third-order valence-electron chi connectivity index (χ3n) is 3.55. The van der Waals surface area contributed by atoms with Gasteiger partial charge >= 0.3 is 6.36 Å². The van der Waals surface area contributed by atoms with Crippen LogP contribution in [0.2, 0.25) is 0 Å². The fourth-order valence-electron chi connectivity index (χ4n) is 2.41. The van der Waals surface area contributed by atoms with Gasteiger partial charge in [0.15, 0.2) is 17.9 Å². The van der Waals surface area contributed by atoms with Gasteiger partial charge in [-0.1, -0.05) is 30.3 Å². The van der Waals surface area contributed by atoms with Gasteiger partial charge in [0.05, 0.1) is 13.2 Å². The maximum absolute atomic E-state index is 13.8. The van der Waals surface area contributed by atoms with Gasteiger partial charge in [-0.25, -0.2) is 4.39 Å². The van der Waals surface area contributed by atoms with E-state index < -0.39 is 24.2 Å². The van der Waals surface area contributed by atoms with Gasteiger partial charge in [0.2, 0.25) is 0 Å². The lowest BCUT2D eigenvalue weighted by atomic mass is 10.0. The highest BCUT2D eigenvalue weighted by molar-refractivity contribution is 7.81. The molecule has 25 heavy (non-hydrogen) atoms. The summed E-state index contributed by atoms with van der Waals surface area (Å²) < 4.78 is 65.0. The van der Waals surface area contributed by atoms with Crippen molar-refractivity contribution in [2.24, 2.45) is 0 Å². The largest absolute Gasteiger partial charge is 0.573 e. The highest BCUT2D eigenvalue weighted by atomic mass is 32.1. The first-order valence-corrected chi connectivity index (χ1v) is 7.90. The van der Waals surface area contributed by atoms with Crippen LogP contribution in [0.15, 0.2) is 42.5 Å². The van der Waals surface area contributed by atoms with Gasteiger partial charge in [-0.05, 0) is 23.3 Å². The molecule has 2 aromatic carbocycles. The first-order chi connectivity index (χ1) is 11.8. The van der Waals surface area contributed by atoms with E-state index in [0.717, 1.165) is 17.7 Å². The Balaban J connectivity index is 1.75. The summed E-state index contributed by atoms with van der Waals surface area (Å²) >= 11 is 4.26. The molecular formula is C17H14F4O3S. The number of ether oxygens (including phenoxy) is 3. The summed E-state index contributed by atoms with van der Waals surface area (Å²) in [4.78, 5) is 0. The summed E-state index contributed by atoms with van der Waals surface area (Å²) in [6, 6.07) is 10.3. The van der Waals surface area contributed by atoms with E-state index in [9.17, 15) is 17.6 Å². The molecule has 1 saturated heterocycles. The lowest BCUT2D eigenvalue weighted by Crippen LogP contribution is -2.27. The van der Waals surface area contributed by atoms with Crippen LogP contribution in [0.3, 0.4) is 0 Å². The Bertz CT molecular complexity index is 726. The third-order valence-corrected chi connectivity index (χ3v) is 3.85. The van der Waals surface area contributed by atoms with Crippen LogP contribution < -0.4 is 4.74 Å². The molecule has 134 valence electrons. The molecule has 8 heteroatoms. The molecule has 3 nitrogen and oxygen atoms in total. The van der Waals surface area contributed by atoms with Gasteiger partial charge in [0.25, 0.3) is 0 Å². The van der Waals surface area contributed by atoms with Crippen molar-refractivity contribution in [1.29, 1.82) is 0 Å². The Kier molecular flexibility index (Phi) is 5.21. The molecule has 1 fully saturated rings. The topological polar surface area (TPSA) is 27.7 Å². The van der Waals surface area contributed by atoms with E-state index in [1.807, 2.05) is 0 Å². The van der Waals surface area contributed by atoms with Gasteiger partial charge in [0, 0.05) is 10.8 Å². The number of rotatable bonds is 3. The zero-order valence-corrected chi connectivity index (χ0v) is 13.7. The normalized spacial score (nSPS) is 21.2. The monoisotopic (exact) mass is 374 g/mol. The van der Waals surface area contributed by atoms with Crippen molar-refractivity contribution >= 4 is 12.6 Å². The maximum Gasteiger partial charge on any atom is 0.573 e. The third kappa shape index (κ3) is 4.65. The molecule has 0 N–H and O–H groups in total. The SMILES string of the molecule is Fc1cc(-c2ccc(C3OCC(S)CO3)cc2)ccc1OC(F)(F)F. The predicted molar refractivity (Wildman–Crippen MR) is 85.9 cm³/mol. The summed E-state index contributed by atoms with van der Waals surface area (Å²) in [7, 11) is 0. The lowest BCUT2D eigenvalue weighted by Gasteiger charge is -2.27. The Morgan fingerprint density at radius 1 is 0.960 bits per heavy atom. The summed E-state index contributed by atoms with van der Waals surface area (Å²) in [6.07, 6.45) is -5.42. The molecule has 3 rings (SSSR count). The van der Waals surface area contributed by atoms with Gasteiger partial charge in [-0.3, -0.25) is 0 Å². The molecule has 0 aromatic heterocycles. The van der Waals surface area contributed by atoms with Crippen LogP contribution in [0.25, 0.3) is 11.1 Å². The molecule has 0 unspecified atom stereocenters. The number of hydrogen-bond acceptors (Lipinski definition) is 4. The van der Waals surface area contributed by atoms with Crippen molar-refractivity contribution in [1.82, 2.24) is 0 Å². The zero-order valence-electron chi connectivity index (χ0n) is 12.8. The predicted octanol–water partition coefficient (Wildman–Crippen LogP) is 4.74. The highest BCUT2D eigenvalue weighted by Gasteiger charge is 2.32. The highest BCUT2D eigenvalue weighted by Crippen LogP contribution is 2.31. The van der Waals surface area contributed by atoms with Crippen LogP contribution in [0, 0.1) is 5.82 Å². The summed E-state index contributed by atoms with van der Waals surface area (Å²) in [5, 5.41) is 0.0379. The smallest absolute Gasteiger partial charge is 0.403 e.